The van der Waals surface area contributed by atoms with Crippen molar-refractivity contribution in [3.8, 4) is 5.75 Å². The van der Waals surface area contributed by atoms with Gasteiger partial charge in [-0.15, -0.1) is 0 Å². The van der Waals surface area contributed by atoms with E-state index in [1.807, 2.05) is 39.0 Å². The third-order valence-corrected chi connectivity index (χ3v) is 3.21. The average Bonchev–Trinajstić information content (AvgIpc) is 2.30. The van der Waals surface area contributed by atoms with Gasteiger partial charge in [0, 0.05) is 30.2 Å². The van der Waals surface area contributed by atoms with Crippen molar-refractivity contribution in [2.45, 2.75) is 38.8 Å². The third kappa shape index (κ3) is 4.48. The van der Waals surface area contributed by atoms with Gasteiger partial charge in [-0.3, -0.25) is 0 Å². The Hall–Kier alpha value is -0.770. The summed E-state index contributed by atoms with van der Waals surface area (Å²) in [5.74, 6) is 0.793. The molecule has 1 rings (SSSR count). The number of hydrogen-bond acceptors (Lipinski definition) is 3. The van der Waals surface area contributed by atoms with Crippen LogP contribution in [0.4, 0.5) is 0 Å². The Labute approximate surface area is 114 Å². The van der Waals surface area contributed by atoms with Gasteiger partial charge in [-0.1, -0.05) is 11.6 Å². The Morgan fingerprint density at radius 1 is 1.39 bits per heavy atom. The van der Waals surface area contributed by atoms with Crippen LogP contribution in [0.1, 0.15) is 38.8 Å². The molecule has 3 nitrogen and oxygen atoms in total. The molecule has 4 heteroatoms. The molecule has 0 saturated heterocycles. The molecule has 0 fully saturated rings. The fourth-order valence-electron chi connectivity index (χ4n) is 1.52. The van der Waals surface area contributed by atoms with E-state index in [-0.39, 0.29) is 11.6 Å². The Balaban J connectivity index is 2.67. The van der Waals surface area contributed by atoms with Gasteiger partial charge in [-0.25, -0.2) is 0 Å². The molecule has 1 aromatic carbocycles. The Morgan fingerprint density at radius 3 is 2.61 bits per heavy atom. The zero-order valence-corrected chi connectivity index (χ0v) is 12.3. The second-order valence-corrected chi connectivity index (χ2v) is 5.47. The minimum absolute atomic E-state index is 0.103. The van der Waals surface area contributed by atoms with Crippen LogP contribution in [-0.2, 0) is 4.74 Å². The lowest BCUT2D eigenvalue weighted by Crippen LogP contribution is -2.25. The third-order valence-electron chi connectivity index (χ3n) is 2.98. The topological polar surface area (TPSA) is 44.5 Å². The number of nitrogens with two attached hydrogens (primary N) is 1. The molecular formula is C14H22ClNO2. The number of benzene rings is 1. The Morgan fingerprint density at radius 2 is 2.06 bits per heavy atom. The van der Waals surface area contributed by atoms with Crippen molar-refractivity contribution in [3.63, 3.8) is 0 Å². The fraction of sp³-hybridized carbons (Fsp3) is 0.571. The van der Waals surface area contributed by atoms with Crippen LogP contribution >= 0.6 is 11.6 Å². The number of halogens is 1. The molecule has 0 heterocycles. The second kappa shape index (κ2) is 6.41. The van der Waals surface area contributed by atoms with E-state index in [1.54, 1.807) is 7.11 Å². The van der Waals surface area contributed by atoms with Crippen molar-refractivity contribution in [2.24, 2.45) is 5.73 Å². The van der Waals surface area contributed by atoms with Crippen molar-refractivity contribution < 1.29 is 9.47 Å². The summed E-state index contributed by atoms with van der Waals surface area (Å²) in [6, 6.07) is 5.42. The highest BCUT2D eigenvalue weighted by Gasteiger charge is 2.17. The van der Waals surface area contributed by atoms with Crippen LogP contribution in [0, 0.1) is 0 Å². The number of rotatable bonds is 6. The predicted octanol–water partition coefficient (Wildman–Crippen LogP) is 3.55. The summed E-state index contributed by atoms with van der Waals surface area (Å²) in [4.78, 5) is 0. The summed E-state index contributed by atoms with van der Waals surface area (Å²) in [6.07, 6.45) is 0.810. The molecule has 0 radical (unpaired) electrons. The number of hydrogen-bond donors (Lipinski definition) is 1. The zero-order chi connectivity index (χ0) is 13.8. The van der Waals surface area contributed by atoms with E-state index in [4.69, 9.17) is 26.8 Å². The monoisotopic (exact) mass is 271 g/mol. The van der Waals surface area contributed by atoms with Gasteiger partial charge in [0.25, 0.3) is 0 Å². The lowest BCUT2D eigenvalue weighted by atomic mass is 10.1. The highest BCUT2D eigenvalue weighted by atomic mass is 35.5. The Bertz CT molecular complexity index is 391. The molecule has 2 N–H and O–H groups in total. The van der Waals surface area contributed by atoms with Crippen LogP contribution in [0.3, 0.4) is 0 Å². The van der Waals surface area contributed by atoms with E-state index in [2.05, 4.69) is 0 Å². The summed E-state index contributed by atoms with van der Waals surface area (Å²) >= 11 is 5.96. The van der Waals surface area contributed by atoms with E-state index in [1.165, 1.54) is 0 Å². The quantitative estimate of drug-likeness (QED) is 0.860. The maximum Gasteiger partial charge on any atom is 0.124 e. The molecule has 18 heavy (non-hydrogen) atoms. The molecule has 0 aliphatic rings. The average molecular weight is 272 g/mol. The normalized spacial score (nSPS) is 13.4. The lowest BCUT2D eigenvalue weighted by molar-refractivity contribution is 0.00536. The Kier molecular flexibility index (Phi) is 5.45. The van der Waals surface area contributed by atoms with Crippen LogP contribution in [0.2, 0.25) is 5.02 Å². The van der Waals surface area contributed by atoms with E-state index < -0.39 is 0 Å². The van der Waals surface area contributed by atoms with Gasteiger partial charge in [0.2, 0.25) is 0 Å². The van der Waals surface area contributed by atoms with Crippen LogP contribution in [0.15, 0.2) is 18.2 Å². The fourth-order valence-corrected chi connectivity index (χ4v) is 1.70. The van der Waals surface area contributed by atoms with Crippen molar-refractivity contribution in [1.82, 2.24) is 0 Å². The van der Waals surface area contributed by atoms with Gasteiger partial charge in [-0.05, 0) is 39.0 Å². The van der Waals surface area contributed by atoms with Gasteiger partial charge < -0.3 is 15.2 Å². The number of ether oxygens (including phenoxy) is 2. The molecule has 0 saturated carbocycles. The molecular weight excluding hydrogens is 250 g/mol. The summed E-state index contributed by atoms with van der Waals surface area (Å²) in [5.41, 5.74) is 6.65. The van der Waals surface area contributed by atoms with E-state index in [0.717, 1.165) is 17.7 Å². The summed E-state index contributed by atoms with van der Waals surface area (Å²) in [7, 11) is 1.70. The van der Waals surface area contributed by atoms with E-state index >= 15 is 0 Å². The van der Waals surface area contributed by atoms with Gasteiger partial charge in [0.05, 0.1) is 12.2 Å². The maximum atomic E-state index is 5.96. The highest BCUT2D eigenvalue weighted by Crippen LogP contribution is 2.27. The molecule has 0 aliphatic heterocycles. The molecule has 0 aliphatic carbocycles. The predicted molar refractivity (Wildman–Crippen MR) is 75.3 cm³/mol. The first-order valence-corrected chi connectivity index (χ1v) is 6.46. The second-order valence-electron chi connectivity index (χ2n) is 5.03. The molecule has 0 amide bonds. The van der Waals surface area contributed by atoms with E-state index in [0.29, 0.717) is 11.6 Å². The minimum Gasteiger partial charge on any atom is -0.493 e. The zero-order valence-electron chi connectivity index (χ0n) is 11.5. The molecule has 1 atom stereocenters. The van der Waals surface area contributed by atoms with E-state index in [9.17, 15) is 0 Å². The van der Waals surface area contributed by atoms with Gasteiger partial charge in [-0.2, -0.15) is 0 Å². The first-order valence-electron chi connectivity index (χ1n) is 6.09. The SMILES string of the molecule is COC(C)(C)CCOc1ccc(Cl)cc1[C@@H](C)N. The smallest absolute Gasteiger partial charge is 0.124 e. The van der Waals surface area contributed by atoms with Crippen LogP contribution in [0.25, 0.3) is 0 Å². The first-order chi connectivity index (χ1) is 8.35. The van der Waals surface area contributed by atoms with Crippen molar-refractivity contribution in [1.29, 1.82) is 0 Å². The maximum absolute atomic E-state index is 5.96. The molecule has 1 aromatic rings. The largest absolute Gasteiger partial charge is 0.493 e. The summed E-state index contributed by atoms with van der Waals surface area (Å²) in [6.45, 7) is 6.56. The van der Waals surface area contributed by atoms with Gasteiger partial charge in [0.15, 0.2) is 0 Å². The van der Waals surface area contributed by atoms with Crippen molar-refractivity contribution in [3.05, 3.63) is 28.8 Å². The molecule has 102 valence electrons. The highest BCUT2D eigenvalue weighted by molar-refractivity contribution is 6.30. The standard InChI is InChI=1S/C14H22ClNO2/c1-10(16)12-9-11(15)5-6-13(12)18-8-7-14(2,3)17-4/h5-6,9-10H,7-8,16H2,1-4H3/t10-/m1/s1. The van der Waals surface area contributed by atoms with Crippen molar-refractivity contribution in [2.75, 3.05) is 13.7 Å². The molecule has 0 unspecified atom stereocenters. The number of methoxy groups -OCH3 is 1. The van der Waals surface area contributed by atoms with Crippen molar-refractivity contribution >= 4 is 11.6 Å². The van der Waals surface area contributed by atoms with Gasteiger partial charge >= 0.3 is 0 Å². The lowest BCUT2D eigenvalue weighted by Gasteiger charge is -2.23. The summed E-state index contributed by atoms with van der Waals surface area (Å²) < 4.78 is 11.1. The first kappa shape index (κ1) is 15.3. The molecule has 0 bridgehead atoms. The van der Waals surface area contributed by atoms with Gasteiger partial charge in [0.1, 0.15) is 5.75 Å². The molecule has 0 spiro atoms. The summed E-state index contributed by atoms with van der Waals surface area (Å²) in [5, 5.41) is 0.673. The van der Waals surface area contributed by atoms with Crippen LogP contribution in [-0.4, -0.2) is 19.3 Å². The minimum atomic E-state index is -0.180. The van der Waals surface area contributed by atoms with Crippen LogP contribution < -0.4 is 10.5 Å². The van der Waals surface area contributed by atoms with Crippen LogP contribution in [0.5, 0.6) is 5.75 Å². The molecule has 0 aromatic heterocycles.